The number of thiophene rings is 1. The van der Waals surface area contributed by atoms with Gasteiger partial charge in [-0.25, -0.2) is 0 Å². The van der Waals surface area contributed by atoms with Crippen LogP contribution in [-0.2, 0) is 4.79 Å². The van der Waals surface area contributed by atoms with Crippen molar-refractivity contribution in [2.45, 2.75) is 0 Å². The van der Waals surface area contributed by atoms with Crippen molar-refractivity contribution in [3.8, 4) is 33.9 Å². The molecule has 0 spiro atoms. The molecule has 0 aliphatic rings. The fourth-order valence-electron chi connectivity index (χ4n) is 3.79. The summed E-state index contributed by atoms with van der Waals surface area (Å²) in [4.78, 5) is 27.8. The molecule has 0 radical (unpaired) electrons. The highest BCUT2D eigenvalue weighted by atomic mass is 32.1. The Bertz CT molecular complexity index is 1430. The zero-order valence-electron chi connectivity index (χ0n) is 16.7. The molecule has 0 bridgehead atoms. The molecule has 2 aromatic heterocycles. The predicted octanol–water partition coefficient (Wildman–Crippen LogP) is 6.04. The summed E-state index contributed by atoms with van der Waals surface area (Å²) < 4.78 is 5.87. The van der Waals surface area contributed by atoms with Crippen LogP contribution in [0.3, 0.4) is 0 Å². The van der Waals surface area contributed by atoms with Crippen molar-refractivity contribution >= 4 is 33.7 Å². The van der Waals surface area contributed by atoms with E-state index in [2.05, 4.69) is 4.98 Å². The molecule has 0 fully saturated rings. The maximum atomic E-state index is 13.4. The van der Waals surface area contributed by atoms with Crippen molar-refractivity contribution in [2.24, 2.45) is 0 Å². The topological polar surface area (TPSA) is 79.4 Å². The van der Waals surface area contributed by atoms with Gasteiger partial charge in [-0.15, -0.1) is 11.3 Å². The van der Waals surface area contributed by atoms with Gasteiger partial charge in [0.1, 0.15) is 5.75 Å². The highest BCUT2D eigenvalue weighted by molar-refractivity contribution is 7.21. The van der Waals surface area contributed by atoms with E-state index >= 15 is 0 Å². The second kappa shape index (κ2) is 8.17. The van der Waals surface area contributed by atoms with Crippen LogP contribution in [0.15, 0.2) is 85.1 Å². The Morgan fingerprint density at radius 3 is 2.44 bits per heavy atom. The van der Waals surface area contributed by atoms with E-state index in [1.807, 2.05) is 48.5 Å². The van der Waals surface area contributed by atoms with Gasteiger partial charge in [0, 0.05) is 33.0 Å². The number of aromatic hydroxyl groups is 1. The lowest BCUT2D eigenvalue weighted by atomic mass is 9.97. The number of carbonyl (C=O) groups is 2. The van der Waals surface area contributed by atoms with E-state index < -0.39 is 0 Å². The number of hydrogen-bond acceptors (Lipinski definition) is 5. The maximum absolute atomic E-state index is 13.4. The van der Waals surface area contributed by atoms with E-state index in [0.717, 1.165) is 26.8 Å². The number of phenols is 1. The van der Waals surface area contributed by atoms with E-state index in [9.17, 15) is 14.7 Å². The monoisotopic (exact) mass is 439 g/mol. The first-order valence-corrected chi connectivity index (χ1v) is 10.7. The maximum Gasteiger partial charge on any atom is 0.298 e. The number of nitrogens with one attached hydrogen (secondary N) is 1. The lowest BCUT2D eigenvalue weighted by Gasteiger charge is -2.08. The van der Waals surface area contributed by atoms with Gasteiger partial charge in [-0.3, -0.25) is 9.59 Å². The molecule has 32 heavy (non-hydrogen) atoms. The molecule has 156 valence electrons. The first-order valence-electron chi connectivity index (χ1n) is 9.89. The molecule has 0 saturated heterocycles. The number of aromatic amines is 1. The summed E-state index contributed by atoms with van der Waals surface area (Å²) in [5.41, 5.74) is 3.88. The van der Waals surface area contributed by atoms with Crippen molar-refractivity contribution in [3.63, 3.8) is 0 Å². The fraction of sp³-hybridized carbons (Fsp3) is 0. The Morgan fingerprint density at radius 1 is 0.938 bits per heavy atom. The number of hydrogen-bond donors (Lipinski definition) is 2. The number of ether oxygens (including phenoxy) is 1. The van der Waals surface area contributed by atoms with Crippen molar-refractivity contribution in [1.29, 1.82) is 0 Å². The summed E-state index contributed by atoms with van der Waals surface area (Å²) >= 11 is 1.37. The Hall–Kier alpha value is -4.16. The summed E-state index contributed by atoms with van der Waals surface area (Å²) in [6.07, 6.45) is 1.71. The molecule has 3 aromatic carbocycles. The fourth-order valence-corrected chi connectivity index (χ4v) is 5.01. The van der Waals surface area contributed by atoms with Gasteiger partial charge in [0.2, 0.25) is 5.78 Å². The molecular weight excluding hydrogens is 422 g/mol. The van der Waals surface area contributed by atoms with E-state index in [4.69, 9.17) is 4.74 Å². The van der Waals surface area contributed by atoms with Gasteiger partial charge in [-0.2, -0.15) is 0 Å². The molecule has 2 heterocycles. The van der Waals surface area contributed by atoms with Gasteiger partial charge in [0.15, 0.2) is 5.75 Å². The summed E-state index contributed by atoms with van der Waals surface area (Å²) in [6.45, 7) is 0.398. The van der Waals surface area contributed by atoms with Crippen LogP contribution in [0.5, 0.6) is 11.5 Å². The summed E-state index contributed by atoms with van der Waals surface area (Å²) in [7, 11) is 0. The first kappa shape index (κ1) is 19.8. The lowest BCUT2D eigenvalue weighted by molar-refractivity contribution is -0.120. The Morgan fingerprint density at radius 2 is 1.69 bits per heavy atom. The number of H-pyrrole nitrogens is 1. The van der Waals surface area contributed by atoms with Gasteiger partial charge in [0.25, 0.3) is 6.47 Å². The molecule has 5 aromatic rings. The zero-order chi connectivity index (χ0) is 22.1. The third-order valence-electron chi connectivity index (χ3n) is 5.26. The minimum atomic E-state index is -0.0589. The molecule has 0 unspecified atom stereocenters. The van der Waals surface area contributed by atoms with Crippen LogP contribution in [0.25, 0.3) is 32.5 Å². The number of phenolic OH excluding ortho intramolecular Hbond substituents is 1. The first-order chi connectivity index (χ1) is 15.7. The highest BCUT2D eigenvalue weighted by Crippen LogP contribution is 2.42. The van der Waals surface area contributed by atoms with Gasteiger partial charge in [0.05, 0.1) is 10.6 Å². The third-order valence-corrected chi connectivity index (χ3v) is 6.41. The number of rotatable bonds is 6. The van der Waals surface area contributed by atoms with Crippen molar-refractivity contribution in [1.82, 2.24) is 4.98 Å². The number of ketones is 1. The summed E-state index contributed by atoms with van der Waals surface area (Å²) in [5, 5.41) is 10.9. The number of benzene rings is 3. The predicted molar refractivity (Wildman–Crippen MR) is 125 cm³/mol. The molecular formula is C26H17NO4S. The molecule has 5 rings (SSSR count). The van der Waals surface area contributed by atoms with E-state index in [0.29, 0.717) is 28.4 Å². The van der Waals surface area contributed by atoms with E-state index in [1.54, 1.807) is 36.5 Å². The average molecular weight is 439 g/mol. The Balaban J connectivity index is 1.64. The van der Waals surface area contributed by atoms with Crippen LogP contribution in [0.4, 0.5) is 0 Å². The van der Waals surface area contributed by atoms with Crippen LogP contribution in [0, 0.1) is 0 Å². The summed E-state index contributed by atoms with van der Waals surface area (Å²) in [5.74, 6) is 0.550. The van der Waals surface area contributed by atoms with Crippen molar-refractivity contribution in [2.75, 3.05) is 0 Å². The van der Waals surface area contributed by atoms with Crippen molar-refractivity contribution < 1.29 is 19.4 Å². The van der Waals surface area contributed by atoms with Crippen LogP contribution in [0.1, 0.15) is 15.2 Å². The van der Waals surface area contributed by atoms with E-state index in [1.165, 1.54) is 11.3 Å². The molecule has 0 amide bonds. The zero-order valence-corrected chi connectivity index (χ0v) is 17.6. The normalized spacial score (nSPS) is 10.9. The number of aromatic nitrogens is 1. The smallest absolute Gasteiger partial charge is 0.298 e. The minimum Gasteiger partial charge on any atom is -0.508 e. The Labute approximate surface area is 187 Å². The molecule has 2 N–H and O–H groups in total. The lowest BCUT2D eigenvalue weighted by Crippen LogP contribution is -2.00. The molecule has 0 aliphatic carbocycles. The quantitative estimate of drug-likeness (QED) is 0.250. The molecule has 5 nitrogen and oxygen atoms in total. The average Bonchev–Trinajstić information content (AvgIpc) is 3.44. The highest BCUT2D eigenvalue weighted by Gasteiger charge is 2.21. The van der Waals surface area contributed by atoms with Gasteiger partial charge >= 0.3 is 0 Å². The molecule has 0 aliphatic heterocycles. The standard InChI is InChI=1S/C26H17NO4S/c28-15-31-21-12-13-27-24(21)17-8-6-16(7-9-17)23-20-11-10-19(29)14-22(20)32-26(23)25(30)18-4-2-1-3-5-18/h1-15,27,29H. The van der Waals surface area contributed by atoms with Crippen LogP contribution in [0.2, 0.25) is 0 Å². The summed E-state index contributed by atoms with van der Waals surface area (Å²) in [6, 6.07) is 23.7. The van der Waals surface area contributed by atoms with Gasteiger partial charge in [-0.05, 0) is 29.8 Å². The van der Waals surface area contributed by atoms with Crippen LogP contribution >= 0.6 is 11.3 Å². The second-order valence-electron chi connectivity index (χ2n) is 7.19. The molecule has 6 heteroatoms. The second-order valence-corrected chi connectivity index (χ2v) is 8.24. The number of carbonyl (C=O) groups excluding carboxylic acids is 2. The van der Waals surface area contributed by atoms with Gasteiger partial charge in [-0.1, -0.05) is 54.6 Å². The van der Waals surface area contributed by atoms with Crippen molar-refractivity contribution in [3.05, 3.63) is 95.5 Å². The SMILES string of the molecule is O=COc1cc[nH]c1-c1ccc(-c2c(C(=O)c3ccccc3)sc3cc(O)ccc23)cc1. The number of fused-ring (bicyclic) bond motifs is 1. The third kappa shape index (κ3) is 3.46. The molecule has 0 saturated carbocycles. The molecule has 0 atom stereocenters. The van der Waals surface area contributed by atoms with Gasteiger partial charge < -0.3 is 14.8 Å². The van der Waals surface area contributed by atoms with Crippen LogP contribution in [-0.4, -0.2) is 22.3 Å². The van der Waals surface area contributed by atoms with Crippen LogP contribution < -0.4 is 4.74 Å². The Kier molecular flexibility index (Phi) is 5.05. The largest absolute Gasteiger partial charge is 0.508 e. The minimum absolute atomic E-state index is 0.0589. The van der Waals surface area contributed by atoms with E-state index in [-0.39, 0.29) is 11.5 Å².